The van der Waals surface area contributed by atoms with Crippen molar-refractivity contribution in [1.82, 2.24) is 0 Å². The van der Waals surface area contributed by atoms with E-state index in [2.05, 4.69) is 10.6 Å². The average molecular weight is 318 g/mol. The molecule has 0 heterocycles. The first kappa shape index (κ1) is 16.6. The van der Waals surface area contributed by atoms with Crippen LogP contribution >= 0.6 is 0 Å². The number of rotatable bonds is 6. The number of carbonyl (C=O) groups excluding carboxylic acids is 1. The van der Waals surface area contributed by atoms with E-state index in [1.165, 1.54) is 18.2 Å². The summed E-state index contributed by atoms with van der Waals surface area (Å²) in [4.78, 5) is 12.2. The minimum atomic E-state index is -0.517. The number of amides is 1. The normalized spacial score (nSPS) is 11.5. The minimum absolute atomic E-state index is 0.273. The maximum Gasteiger partial charge on any atom is 0.246 e. The molecule has 0 radical (unpaired) electrons. The van der Waals surface area contributed by atoms with E-state index < -0.39 is 11.9 Å². The number of carbonyl (C=O) groups is 1. The molecule has 0 bridgehead atoms. The Morgan fingerprint density at radius 1 is 1.04 bits per heavy atom. The van der Waals surface area contributed by atoms with E-state index in [1.807, 2.05) is 0 Å². The van der Waals surface area contributed by atoms with Gasteiger partial charge in [0.1, 0.15) is 11.9 Å². The number of benzene rings is 2. The summed E-state index contributed by atoms with van der Waals surface area (Å²) in [6, 6.07) is 10.5. The van der Waals surface area contributed by atoms with Crippen LogP contribution in [0.4, 0.5) is 15.8 Å². The molecule has 0 spiro atoms. The largest absolute Gasteiger partial charge is 0.493 e. The van der Waals surface area contributed by atoms with Crippen LogP contribution in [0, 0.1) is 5.82 Å². The fraction of sp³-hybridized carbons (Fsp3) is 0.235. The quantitative estimate of drug-likeness (QED) is 0.858. The fourth-order valence-corrected chi connectivity index (χ4v) is 2.06. The number of nitrogens with one attached hydrogen (secondary N) is 2. The van der Waals surface area contributed by atoms with Crippen LogP contribution < -0.4 is 20.1 Å². The van der Waals surface area contributed by atoms with Crippen molar-refractivity contribution in [1.29, 1.82) is 0 Å². The Kier molecular flexibility index (Phi) is 5.41. The van der Waals surface area contributed by atoms with Crippen LogP contribution in [0.25, 0.3) is 0 Å². The van der Waals surface area contributed by atoms with Gasteiger partial charge in [-0.2, -0.15) is 0 Å². The lowest BCUT2D eigenvalue weighted by molar-refractivity contribution is -0.116. The first-order valence-electron chi connectivity index (χ1n) is 7.08. The topological polar surface area (TPSA) is 59.6 Å². The number of ether oxygens (including phenoxy) is 2. The highest BCUT2D eigenvalue weighted by molar-refractivity contribution is 5.96. The highest BCUT2D eigenvalue weighted by Gasteiger charge is 2.14. The summed E-state index contributed by atoms with van der Waals surface area (Å²) in [5.74, 6) is 0.499. The number of halogens is 1. The molecular formula is C17H19FN2O3. The number of hydrogen-bond acceptors (Lipinski definition) is 4. The van der Waals surface area contributed by atoms with Crippen molar-refractivity contribution < 1.29 is 18.7 Å². The number of anilines is 2. The molecule has 1 unspecified atom stereocenters. The summed E-state index contributed by atoms with van der Waals surface area (Å²) in [6.07, 6.45) is 0. The molecule has 122 valence electrons. The van der Waals surface area contributed by atoms with Crippen LogP contribution in [-0.4, -0.2) is 26.2 Å². The van der Waals surface area contributed by atoms with Gasteiger partial charge in [0.2, 0.25) is 5.91 Å². The van der Waals surface area contributed by atoms with E-state index in [-0.39, 0.29) is 5.91 Å². The van der Waals surface area contributed by atoms with Crippen LogP contribution in [0.15, 0.2) is 42.5 Å². The van der Waals surface area contributed by atoms with Gasteiger partial charge in [0.15, 0.2) is 11.5 Å². The second-order valence-electron chi connectivity index (χ2n) is 4.94. The SMILES string of the molecule is COc1ccc(NC(C)C(=O)Nc2cccc(F)c2)cc1OC. The van der Waals surface area contributed by atoms with Gasteiger partial charge in [0.05, 0.1) is 14.2 Å². The van der Waals surface area contributed by atoms with Gasteiger partial charge in [-0.05, 0) is 37.3 Å². The molecule has 5 nitrogen and oxygen atoms in total. The molecule has 6 heteroatoms. The number of methoxy groups -OCH3 is 2. The van der Waals surface area contributed by atoms with Crippen LogP contribution in [0.1, 0.15) is 6.92 Å². The first-order chi connectivity index (χ1) is 11.0. The Labute approximate surface area is 134 Å². The van der Waals surface area contributed by atoms with Gasteiger partial charge in [-0.25, -0.2) is 4.39 Å². The lowest BCUT2D eigenvalue weighted by atomic mass is 10.2. The van der Waals surface area contributed by atoms with Crippen molar-refractivity contribution in [3.8, 4) is 11.5 Å². The van der Waals surface area contributed by atoms with E-state index >= 15 is 0 Å². The van der Waals surface area contributed by atoms with E-state index in [9.17, 15) is 9.18 Å². The van der Waals surface area contributed by atoms with Gasteiger partial charge < -0.3 is 20.1 Å². The van der Waals surface area contributed by atoms with Crippen molar-refractivity contribution in [2.75, 3.05) is 24.9 Å². The fourth-order valence-electron chi connectivity index (χ4n) is 2.06. The molecule has 23 heavy (non-hydrogen) atoms. The zero-order valence-corrected chi connectivity index (χ0v) is 13.2. The summed E-state index contributed by atoms with van der Waals surface area (Å²) in [5.41, 5.74) is 1.13. The molecule has 0 aliphatic rings. The van der Waals surface area contributed by atoms with Crippen molar-refractivity contribution in [2.45, 2.75) is 13.0 Å². The lowest BCUT2D eigenvalue weighted by Crippen LogP contribution is -2.31. The maximum absolute atomic E-state index is 13.1. The molecule has 1 atom stereocenters. The second-order valence-corrected chi connectivity index (χ2v) is 4.94. The number of hydrogen-bond donors (Lipinski definition) is 2. The molecule has 0 saturated heterocycles. The van der Waals surface area contributed by atoms with Crippen LogP contribution in [0.3, 0.4) is 0 Å². The predicted octanol–water partition coefficient (Wildman–Crippen LogP) is 3.28. The monoisotopic (exact) mass is 318 g/mol. The summed E-state index contributed by atoms with van der Waals surface area (Å²) in [7, 11) is 3.10. The predicted molar refractivity (Wildman–Crippen MR) is 87.7 cm³/mol. The van der Waals surface area contributed by atoms with E-state index in [0.717, 1.165) is 0 Å². The molecule has 2 aromatic rings. The standard InChI is InChI=1S/C17H19FN2O3/c1-11(17(21)20-13-6-4-5-12(18)9-13)19-14-7-8-15(22-2)16(10-14)23-3/h4-11,19H,1-3H3,(H,20,21). The molecule has 1 amide bonds. The molecule has 2 N–H and O–H groups in total. The maximum atomic E-state index is 13.1. The van der Waals surface area contributed by atoms with E-state index in [0.29, 0.717) is 22.9 Å². The Morgan fingerprint density at radius 2 is 1.78 bits per heavy atom. The molecule has 2 rings (SSSR count). The summed E-state index contributed by atoms with van der Waals surface area (Å²) in [5, 5.41) is 5.72. The first-order valence-corrected chi connectivity index (χ1v) is 7.08. The lowest BCUT2D eigenvalue weighted by Gasteiger charge is -2.16. The van der Waals surface area contributed by atoms with Crippen molar-refractivity contribution >= 4 is 17.3 Å². The molecule has 0 fully saturated rings. The van der Waals surface area contributed by atoms with Crippen molar-refractivity contribution in [3.05, 3.63) is 48.3 Å². The zero-order chi connectivity index (χ0) is 16.8. The Hall–Kier alpha value is -2.76. The van der Waals surface area contributed by atoms with Gasteiger partial charge in [-0.15, -0.1) is 0 Å². The van der Waals surface area contributed by atoms with Crippen molar-refractivity contribution in [3.63, 3.8) is 0 Å². The highest BCUT2D eigenvalue weighted by Crippen LogP contribution is 2.30. The molecule has 0 aliphatic heterocycles. The molecule has 0 saturated carbocycles. The summed E-state index contributed by atoms with van der Waals surface area (Å²) in [6.45, 7) is 1.71. The highest BCUT2D eigenvalue weighted by atomic mass is 19.1. The summed E-state index contributed by atoms with van der Waals surface area (Å²) < 4.78 is 23.5. The van der Waals surface area contributed by atoms with Crippen LogP contribution in [0.2, 0.25) is 0 Å². The smallest absolute Gasteiger partial charge is 0.246 e. The zero-order valence-electron chi connectivity index (χ0n) is 13.2. The van der Waals surface area contributed by atoms with Gasteiger partial charge in [0.25, 0.3) is 0 Å². The van der Waals surface area contributed by atoms with Gasteiger partial charge in [0, 0.05) is 17.4 Å². The third-order valence-electron chi connectivity index (χ3n) is 3.25. The third kappa shape index (κ3) is 4.35. The Bertz CT molecular complexity index is 691. The minimum Gasteiger partial charge on any atom is -0.493 e. The summed E-state index contributed by atoms with van der Waals surface area (Å²) >= 11 is 0. The average Bonchev–Trinajstić information content (AvgIpc) is 2.54. The molecule has 2 aromatic carbocycles. The molecular weight excluding hydrogens is 299 g/mol. The van der Waals surface area contributed by atoms with Gasteiger partial charge in [-0.1, -0.05) is 6.07 Å². The second kappa shape index (κ2) is 7.49. The van der Waals surface area contributed by atoms with Gasteiger partial charge >= 0.3 is 0 Å². The molecule has 0 aliphatic carbocycles. The van der Waals surface area contributed by atoms with E-state index in [1.54, 1.807) is 45.4 Å². The van der Waals surface area contributed by atoms with Crippen LogP contribution in [-0.2, 0) is 4.79 Å². The van der Waals surface area contributed by atoms with Gasteiger partial charge in [-0.3, -0.25) is 4.79 Å². The van der Waals surface area contributed by atoms with Crippen molar-refractivity contribution in [2.24, 2.45) is 0 Å². The van der Waals surface area contributed by atoms with E-state index in [4.69, 9.17) is 9.47 Å². The Balaban J connectivity index is 2.03. The third-order valence-corrected chi connectivity index (χ3v) is 3.25. The van der Waals surface area contributed by atoms with Crippen LogP contribution in [0.5, 0.6) is 11.5 Å². The Morgan fingerprint density at radius 3 is 2.43 bits per heavy atom. The molecule has 0 aromatic heterocycles.